The van der Waals surface area contributed by atoms with Crippen LogP contribution in [0, 0.1) is 24.3 Å². The predicted octanol–water partition coefficient (Wildman–Crippen LogP) is 2.37. The molecule has 0 aromatic carbocycles. The van der Waals surface area contributed by atoms with Crippen molar-refractivity contribution in [2.24, 2.45) is 0 Å². The first-order valence-electron chi connectivity index (χ1n) is 5.31. The van der Waals surface area contributed by atoms with Crippen molar-refractivity contribution in [3.63, 3.8) is 0 Å². The number of nitrogens with zero attached hydrogens (tertiary/aromatic N) is 2. The molecule has 2 aromatic heterocycles. The largest absolute Gasteiger partial charge is 0.618 e. The number of aryl methyl sites for hydroxylation is 2. The fraction of sp³-hybridized carbons (Fsp3) is 0.167. The number of hydrogen-bond acceptors (Lipinski definition) is 4. The highest BCUT2D eigenvalue weighted by atomic mass is 33.1. The molecule has 0 fully saturated rings. The van der Waals surface area contributed by atoms with E-state index in [9.17, 15) is 10.4 Å². The molecule has 2 aromatic rings. The minimum Gasteiger partial charge on any atom is -0.618 e. The SMILES string of the molecule is Cc1ccc[n+]([O-])c1SSc1c(C)ccc[n+]1[O-]. The average molecular weight is 280 g/mol. The molecule has 2 rings (SSSR count). The first kappa shape index (κ1) is 13.0. The zero-order chi connectivity index (χ0) is 13.1. The zero-order valence-electron chi connectivity index (χ0n) is 9.99. The van der Waals surface area contributed by atoms with Gasteiger partial charge in [-0.15, -0.1) is 0 Å². The summed E-state index contributed by atoms with van der Waals surface area (Å²) in [6.07, 6.45) is 2.91. The maximum atomic E-state index is 11.6. The standard InChI is InChI=1S/C12H12N2O2S2/c1-9-5-3-7-13(15)11(9)17-18-12-10(2)6-4-8-14(12)16/h3-8H,1-2H3. The summed E-state index contributed by atoms with van der Waals surface area (Å²) >= 11 is 0. The summed E-state index contributed by atoms with van der Waals surface area (Å²) in [5.41, 5.74) is 1.80. The van der Waals surface area contributed by atoms with Crippen LogP contribution in [0.5, 0.6) is 0 Å². The number of pyridine rings is 2. The maximum Gasteiger partial charge on any atom is 0.265 e. The molecule has 0 bridgehead atoms. The molecule has 0 unspecified atom stereocenters. The van der Waals surface area contributed by atoms with Gasteiger partial charge in [0.1, 0.15) is 0 Å². The molecular formula is C12H12N2O2S2. The molecule has 94 valence electrons. The molecule has 2 heterocycles. The minimum absolute atomic E-state index is 0.603. The van der Waals surface area contributed by atoms with Gasteiger partial charge in [-0.3, -0.25) is 0 Å². The summed E-state index contributed by atoms with van der Waals surface area (Å²) in [6, 6.07) is 7.16. The Kier molecular flexibility index (Phi) is 3.98. The van der Waals surface area contributed by atoms with Crippen molar-refractivity contribution < 1.29 is 9.46 Å². The lowest BCUT2D eigenvalue weighted by Crippen LogP contribution is -2.30. The van der Waals surface area contributed by atoms with Crippen molar-refractivity contribution in [3.05, 3.63) is 58.2 Å². The summed E-state index contributed by atoms with van der Waals surface area (Å²) in [5, 5.41) is 24.5. The van der Waals surface area contributed by atoms with Gasteiger partial charge in [0.2, 0.25) is 0 Å². The van der Waals surface area contributed by atoms with Crippen LogP contribution in [-0.2, 0) is 0 Å². The molecule has 0 N–H and O–H groups in total. The van der Waals surface area contributed by atoms with E-state index < -0.39 is 0 Å². The third kappa shape index (κ3) is 2.70. The summed E-state index contributed by atoms with van der Waals surface area (Å²) in [6.45, 7) is 3.75. The van der Waals surface area contributed by atoms with Crippen LogP contribution in [0.15, 0.2) is 46.7 Å². The van der Waals surface area contributed by atoms with Gasteiger partial charge in [0.05, 0.1) is 0 Å². The van der Waals surface area contributed by atoms with Gasteiger partial charge >= 0.3 is 0 Å². The Balaban J connectivity index is 2.22. The summed E-state index contributed by atoms with van der Waals surface area (Å²) in [4.78, 5) is 0. The monoisotopic (exact) mass is 280 g/mol. The zero-order valence-corrected chi connectivity index (χ0v) is 11.6. The van der Waals surface area contributed by atoms with Gasteiger partial charge in [-0.2, -0.15) is 9.46 Å². The quantitative estimate of drug-likeness (QED) is 0.492. The summed E-state index contributed by atoms with van der Waals surface area (Å²) in [7, 11) is 2.60. The molecule has 0 spiro atoms. The summed E-state index contributed by atoms with van der Waals surface area (Å²) < 4.78 is 1.64. The van der Waals surface area contributed by atoms with Crippen molar-refractivity contribution in [2.45, 2.75) is 23.9 Å². The number of aromatic nitrogens is 2. The van der Waals surface area contributed by atoms with E-state index in [4.69, 9.17) is 0 Å². The van der Waals surface area contributed by atoms with Crippen LogP contribution in [0.3, 0.4) is 0 Å². The Morgan fingerprint density at radius 3 is 1.56 bits per heavy atom. The van der Waals surface area contributed by atoms with Gasteiger partial charge in [0, 0.05) is 44.8 Å². The molecular weight excluding hydrogens is 268 g/mol. The Hall–Kier alpha value is -1.40. The first-order chi connectivity index (χ1) is 8.59. The van der Waals surface area contributed by atoms with Crippen LogP contribution in [-0.4, -0.2) is 0 Å². The highest BCUT2D eigenvalue weighted by molar-refractivity contribution is 8.76. The lowest BCUT2D eigenvalue weighted by Gasteiger charge is -2.07. The van der Waals surface area contributed by atoms with E-state index in [0.29, 0.717) is 10.1 Å². The lowest BCUT2D eigenvalue weighted by atomic mass is 10.3. The van der Waals surface area contributed by atoms with Gasteiger partial charge in [0.25, 0.3) is 10.1 Å². The van der Waals surface area contributed by atoms with E-state index in [1.54, 1.807) is 12.1 Å². The van der Waals surface area contributed by atoms with Crippen LogP contribution < -0.4 is 9.46 Å². The smallest absolute Gasteiger partial charge is 0.265 e. The molecule has 6 heteroatoms. The Bertz CT molecular complexity index is 484. The molecule has 0 saturated heterocycles. The van der Waals surface area contributed by atoms with Gasteiger partial charge in [-0.25, -0.2) is 0 Å². The first-order valence-corrected chi connectivity index (χ1v) is 7.46. The van der Waals surface area contributed by atoms with Crippen molar-refractivity contribution >= 4 is 21.6 Å². The molecule has 0 atom stereocenters. The summed E-state index contributed by atoms with van der Waals surface area (Å²) in [5.74, 6) is 0. The van der Waals surface area contributed by atoms with Gasteiger partial charge in [-0.05, 0) is 26.0 Å². The molecule has 0 aliphatic rings. The van der Waals surface area contributed by atoms with Crippen LogP contribution in [0.1, 0.15) is 11.1 Å². The normalized spacial score (nSPS) is 10.6. The molecule has 0 radical (unpaired) electrons. The molecule has 18 heavy (non-hydrogen) atoms. The number of hydrogen-bond donors (Lipinski definition) is 0. The van der Waals surface area contributed by atoms with Gasteiger partial charge in [0.15, 0.2) is 12.4 Å². The van der Waals surface area contributed by atoms with E-state index in [2.05, 4.69) is 0 Å². The third-order valence-corrected chi connectivity index (χ3v) is 5.01. The minimum atomic E-state index is 0.603. The van der Waals surface area contributed by atoms with Crippen molar-refractivity contribution in [2.75, 3.05) is 0 Å². The van der Waals surface area contributed by atoms with Crippen LogP contribution in [0.2, 0.25) is 0 Å². The Labute approximate surface area is 113 Å². The van der Waals surface area contributed by atoms with Crippen LogP contribution >= 0.6 is 21.6 Å². The maximum absolute atomic E-state index is 11.6. The number of rotatable bonds is 3. The molecule has 0 amide bonds. The van der Waals surface area contributed by atoms with Crippen molar-refractivity contribution in [3.8, 4) is 0 Å². The van der Waals surface area contributed by atoms with E-state index in [1.807, 2.05) is 26.0 Å². The topological polar surface area (TPSA) is 53.9 Å². The van der Waals surface area contributed by atoms with Crippen molar-refractivity contribution in [1.82, 2.24) is 0 Å². The van der Waals surface area contributed by atoms with Gasteiger partial charge in [-0.1, -0.05) is 0 Å². The lowest BCUT2D eigenvalue weighted by molar-refractivity contribution is -0.646. The van der Waals surface area contributed by atoms with Crippen LogP contribution in [0.25, 0.3) is 0 Å². The highest BCUT2D eigenvalue weighted by Crippen LogP contribution is 2.36. The van der Waals surface area contributed by atoms with Crippen molar-refractivity contribution in [1.29, 1.82) is 0 Å². The second-order valence-electron chi connectivity index (χ2n) is 3.81. The van der Waals surface area contributed by atoms with E-state index in [0.717, 1.165) is 20.6 Å². The molecule has 0 aliphatic carbocycles. The predicted molar refractivity (Wildman–Crippen MR) is 72.0 cm³/mol. The fourth-order valence-corrected chi connectivity index (χ4v) is 3.97. The van der Waals surface area contributed by atoms with E-state index >= 15 is 0 Å². The molecule has 0 saturated carbocycles. The average Bonchev–Trinajstić information content (AvgIpc) is 2.31. The highest BCUT2D eigenvalue weighted by Gasteiger charge is 2.16. The van der Waals surface area contributed by atoms with E-state index in [1.165, 1.54) is 34.0 Å². The van der Waals surface area contributed by atoms with Crippen LogP contribution in [0.4, 0.5) is 0 Å². The Morgan fingerprint density at radius 1 is 0.833 bits per heavy atom. The molecule has 0 aliphatic heterocycles. The Morgan fingerprint density at radius 2 is 1.22 bits per heavy atom. The second-order valence-corrected chi connectivity index (χ2v) is 5.92. The molecule has 4 nitrogen and oxygen atoms in total. The third-order valence-electron chi connectivity index (χ3n) is 2.41. The fourth-order valence-electron chi connectivity index (χ4n) is 1.44. The second kappa shape index (κ2) is 5.49. The van der Waals surface area contributed by atoms with E-state index in [-0.39, 0.29) is 0 Å². The van der Waals surface area contributed by atoms with Gasteiger partial charge < -0.3 is 10.4 Å².